The predicted octanol–water partition coefficient (Wildman–Crippen LogP) is 1.57. The zero-order valence-corrected chi connectivity index (χ0v) is 10.3. The summed E-state index contributed by atoms with van der Waals surface area (Å²) in [4.78, 5) is 0. The molecule has 0 aromatic rings. The Morgan fingerprint density at radius 2 is 1.93 bits per heavy atom. The molecule has 0 saturated heterocycles. The van der Waals surface area contributed by atoms with Crippen LogP contribution < -0.4 is 0 Å². The maximum atomic E-state index is 10.6. The van der Waals surface area contributed by atoms with E-state index >= 15 is 0 Å². The zero-order chi connectivity index (χ0) is 11.7. The summed E-state index contributed by atoms with van der Waals surface area (Å²) in [5.41, 5.74) is -1.17. The third-order valence-corrected chi connectivity index (χ3v) is 3.92. The summed E-state index contributed by atoms with van der Waals surface area (Å²) in [5, 5.41) is 20.1. The van der Waals surface area contributed by atoms with E-state index in [-0.39, 0.29) is 12.0 Å². The monoisotopic (exact) mass is 216 g/mol. The van der Waals surface area contributed by atoms with Gasteiger partial charge in [-0.25, -0.2) is 0 Å². The van der Waals surface area contributed by atoms with Gasteiger partial charge in [0.05, 0.1) is 18.8 Å². The number of aliphatic hydroxyl groups is 2. The SMILES string of the molecule is COCC(C)(CO)C1(O)CCC(C)(C)C1. The van der Waals surface area contributed by atoms with Gasteiger partial charge in [0.1, 0.15) is 0 Å². The van der Waals surface area contributed by atoms with Crippen molar-refractivity contribution in [2.75, 3.05) is 20.3 Å². The van der Waals surface area contributed by atoms with Crippen molar-refractivity contribution in [3.05, 3.63) is 0 Å². The minimum Gasteiger partial charge on any atom is -0.396 e. The topological polar surface area (TPSA) is 49.7 Å². The highest BCUT2D eigenvalue weighted by molar-refractivity contribution is 5.03. The van der Waals surface area contributed by atoms with Gasteiger partial charge in [0.15, 0.2) is 0 Å². The van der Waals surface area contributed by atoms with Crippen molar-refractivity contribution >= 4 is 0 Å². The molecule has 2 atom stereocenters. The molecule has 2 N–H and O–H groups in total. The minimum atomic E-state index is -0.790. The standard InChI is InChI=1S/C12H24O3/c1-10(2)5-6-12(14,7-10)11(3,8-13)9-15-4/h13-14H,5-9H2,1-4H3. The molecule has 0 bridgehead atoms. The lowest BCUT2D eigenvalue weighted by molar-refractivity contribution is -0.128. The van der Waals surface area contributed by atoms with E-state index in [2.05, 4.69) is 13.8 Å². The molecule has 0 aromatic carbocycles. The number of aliphatic hydroxyl groups excluding tert-OH is 1. The van der Waals surface area contributed by atoms with Crippen LogP contribution in [0.2, 0.25) is 0 Å². The van der Waals surface area contributed by atoms with Gasteiger partial charge >= 0.3 is 0 Å². The van der Waals surface area contributed by atoms with E-state index < -0.39 is 11.0 Å². The zero-order valence-electron chi connectivity index (χ0n) is 10.3. The van der Waals surface area contributed by atoms with Crippen LogP contribution in [0.15, 0.2) is 0 Å². The number of hydrogen-bond donors (Lipinski definition) is 2. The fourth-order valence-electron chi connectivity index (χ4n) is 2.67. The number of methoxy groups -OCH3 is 1. The normalized spacial score (nSPS) is 34.0. The first kappa shape index (κ1) is 12.9. The molecule has 0 aliphatic heterocycles. The molecular formula is C12H24O3. The second-order valence-corrected chi connectivity index (χ2v) is 6.02. The van der Waals surface area contributed by atoms with Crippen molar-refractivity contribution in [3.63, 3.8) is 0 Å². The Morgan fingerprint density at radius 3 is 2.27 bits per heavy atom. The van der Waals surface area contributed by atoms with Gasteiger partial charge in [0, 0.05) is 12.5 Å². The molecule has 1 rings (SSSR count). The Morgan fingerprint density at radius 1 is 1.33 bits per heavy atom. The van der Waals surface area contributed by atoms with Gasteiger partial charge in [-0.2, -0.15) is 0 Å². The molecule has 0 amide bonds. The summed E-state index contributed by atoms with van der Waals surface area (Å²) in [5.74, 6) is 0. The average molecular weight is 216 g/mol. The van der Waals surface area contributed by atoms with Gasteiger partial charge in [-0.3, -0.25) is 0 Å². The van der Waals surface area contributed by atoms with Gasteiger partial charge in [0.2, 0.25) is 0 Å². The van der Waals surface area contributed by atoms with Gasteiger partial charge in [-0.15, -0.1) is 0 Å². The van der Waals surface area contributed by atoms with Crippen LogP contribution in [0.4, 0.5) is 0 Å². The van der Waals surface area contributed by atoms with Crippen LogP contribution in [0.25, 0.3) is 0 Å². The van der Waals surface area contributed by atoms with E-state index in [1.54, 1.807) is 7.11 Å². The van der Waals surface area contributed by atoms with Crippen molar-refractivity contribution in [1.29, 1.82) is 0 Å². The van der Waals surface area contributed by atoms with Crippen LogP contribution in [-0.2, 0) is 4.74 Å². The molecule has 15 heavy (non-hydrogen) atoms. The molecule has 0 heterocycles. The van der Waals surface area contributed by atoms with Gasteiger partial charge in [-0.05, 0) is 24.7 Å². The molecule has 2 unspecified atom stereocenters. The molecule has 1 fully saturated rings. The fourth-order valence-corrected chi connectivity index (χ4v) is 2.67. The molecule has 0 radical (unpaired) electrons. The summed E-state index contributed by atoms with van der Waals surface area (Å²) < 4.78 is 5.12. The quantitative estimate of drug-likeness (QED) is 0.750. The molecule has 3 nitrogen and oxygen atoms in total. The molecule has 1 aliphatic carbocycles. The van der Waals surface area contributed by atoms with Gasteiger partial charge < -0.3 is 14.9 Å². The van der Waals surface area contributed by atoms with Crippen molar-refractivity contribution in [3.8, 4) is 0 Å². The number of hydrogen-bond acceptors (Lipinski definition) is 3. The Kier molecular flexibility index (Phi) is 3.49. The third kappa shape index (κ3) is 2.35. The fraction of sp³-hybridized carbons (Fsp3) is 1.00. The second-order valence-electron chi connectivity index (χ2n) is 6.02. The summed E-state index contributed by atoms with van der Waals surface area (Å²) in [6.45, 7) is 6.59. The number of ether oxygens (including phenoxy) is 1. The van der Waals surface area contributed by atoms with Crippen LogP contribution in [0.3, 0.4) is 0 Å². The highest BCUT2D eigenvalue weighted by atomic mass is 16.5. The first-order valence-electron chi connectivity index (χ1n) is 5.61. The van der Waals surface area contributed by atoms with Crippen molar-refractivity contribution in [1.82, 2.24) is 0 Å². The molecule has 3 heteroatoms. The lowest BCUT2D eigenvalue weighted by atomic mass is 9.71. The Hall–Kier alpha value is -0.120. The minimum absolute atomic E-state index is 0.0343. The third-order valence-electron chi connectivity index (χ3n) is 3.92. The van der Waals surface area contributed by atoms with Crippen LogP contribution in [0, 0.1) is 10.8 Å². The smallest absolute Gasteiger partial charge is 0.0750 e. The van der Waals surface area contributed by atoms with Crippen LogP contribution in [0.1, 0.15) is 40.0 Å². The Bertz CT molecular complexity index is 227. The Labute approximate surface area is 92.4 Å². The van der Waals surface area contributed by atoms with E-state index in [4.69, 9.17) is 4.74 Å². The molecular weight excluding hydrogens is 192 g/mol. The lowest BCUT2D eigenvalue weighted by Gasteiger charge is -2.42. The average Bonchev–Trinajstić information content (AvgIpc) is 2.42. The van der Waals surface area contributed by atoms with E-state index in [1.165, 1.54) is 0 Å². The highest BCUT2D eigenvalue weighted by Gasteiger charge is 2.53. The molecule has 0 aromatic heterocycles. The largest absolute Gasteiger partial charge is 0.396 e. The van der Waals surface area contributed by atoms with Crippen molar-refractivity contribution < 1.29 is 14.9 Å². The first-order chi connectivity index (χ1) is 6.79. The summed E-state index contributed by atoms with van der Waals surface area (Å²) in [7, 11) is 1.61. The second kappa shape index (κ2) is 4.04. The van der Waals surface area contributed by atoms with Gasteiger partial charge in [0.25, 0.3) is 0 Å². The predicted molar refractivity (Wildman–Crippen MR) is 59.7 cm³/mol. The summed E-state index contributed by atoms with van der Waals surface area (Å²) in [6, 6.07) is 0. The molecule has 90 valence electrons. The van der Waals surface area contributed by atoms with Gasteiger partial charge in [-0.1, -0.05) is 20.8 Å². The van der Waals surface area contributed by atoms with E-state index in [1.807, 2.05) is 6.92 Å². The van der Waals surface area contributed by atoms with E-state index in [9.17, 15) is 10.2 Å². The van der Waals surface area contributed by atoms with Crippen LogP contribution in [0.5, 0.6) is 0 Å². The lowest BCUT2D eigenvalue weighted by Crippen LogP contribution is -2.50. The van der Waals surface area contributed by atoms with E-state index in [0.29, 0.717) is 6.61 Å². The van der Waals surface area contributed by atoms with E-state index in [0.717, 1.165) is 19.3 Å². The molecule has 0 spiro atoms. The van der Waals surface area contributed by atoms with Crippen molar-refractivity contribution in [2.24, 2.45) is 10.8 Å². The van der Waals surface area contributed by atoms with Crippen molar-refractivity contribution in [2.45, 2.75) is 45.6 Å². The molecule has 1 saturated carbocycles. The van der Waals surface area contributed by atoms with Crippen LogP contribution >= 0.6 is 0 Å². The Balaban J connectivity index is 2.85. The highest BCUT2D eigenvalue weighted by Crippen LogP contribution is 2.51. The summed E-state index contributed by atoms with van der Waals surface area (Å²) >= 11 is 0. The number of rotatable bonds is 4. The molecule has 1 aliphatic rings. The van der Waals surface area contributed by atoms with Crippen LogP contribution in [-0.4, -0.2) is 36.1 Å². The summed E-state index contributed by atoms with van der Waals surface area (Å²) in [6.07, 6.45) is 2.49. The maximum absolute atomic E-state index is 10.6. The maximum Gasteiger partial charge on any atom is 0.0750 e. The first-order valence-corrected chi connectivity index (χ1v) is 5.61.